The Kier molecular flexibility index (Phi) is 6.85. The normalized spacial score (nSPS) is 15.8. The molecule has 3 aromatic rings. The lowest BCUT2D eigenvalue weighted by Gasteiger charge is -2.21. The first kappa shape index (κ1) is 22.7. The van der Waals surface area contributed by atoms with Crippen molar-refractivity contribution in [3.05, 3.63) is 58.2 Å². The molecule has 0 spiro atoms. The van der Waals surface area contributed by atoms with Gasteiger partial charge in [-0.3, -0.25) is 19.8 Å². The third-order valence-corrected chi connectivity index (χ3v) is 6.42. The van der Waals surface area contributed by atoms with Crippen molar-refractivity contribution in [1.82, 2.24) is 4.98 Å². The molecule has 0 bridgehead atoms. The van der Waals surface area contributed by atoms with Gasteiger partial charge < -0.3 is 14.2 Å². The summed E-state index contributed by atoms with van der Waals surface area (Å²) in [5.74, 6) is 0.987. The van der Waals surface area contributed by atoms with Gasteiger partial charge in [-0.2, -0.15) is 0 Å². The van der Waals surface area contributed by atoms with E-state index in [9.17, 15) is 14.9 Å². The molecule has 1 saturated heterocycles. The average molecular weight is 470 g/mol. The standard InChI is InChI=1S/C23H23N3O6S/c1-30-18-10-11-19(31-2)22-21(18)24-23(33-22)25(14-17-4-3-13-32-17)20(27)12-7-15-5-8-16(9-6-15)26(28)29/h5-12,17H,3-4,13-14H2,1-2H3/b12-7-. The van der Waals surface area contributed by atoms with Crippen molar-refractivity contribution in [1.29, 1.82) is 0 Å². The largest absolute Gasteiger partial charge is 0.495 e. The van der Waals surface area contributed by atoms with Gasteiger partial charge in [-0.15, -0.1) is 0 Å². The van der Waals surface area contributed by atoms with Gasteiger partial charge in [-0.1, -0.05) is 11.3 Å². The lowest BCUT2D eigenvalue weighted by atomic mass is 10.2. The highest BCUT2D eigenvalue weighted by atomic mass is 32.1. The number of methoxy groups -OCH3 is 2. The minimum absolute atomic E-state index is 0.00384. The summed E-state index contributed by atoms with van der Waals surface area (Å²) in [6.07, 6.45) is 4.82. The van der Waals surface area contributed by atoms with Crippen LogP contribution in [0.15, 0.2) is 42.5 Å². The van der Waals surface area contributed by atoms with E-state index >= 15 is 0 Å². The second-order valence-electron chi connectivity index (χ2n) is 7.41. The smallest absolute Gasteiger partial charge is 0.269 e. The Hall–Kier alpha value is -3.50. The molecule has 0 N–H and O–H groups in total. The minimum Gasteiger partial charge on any atom is -0.495 e. The molecule has 0 saturated carbocycles. The van der Waals surface area contributed by atoms with Crippen LogP contribution in [0.3, 0.4) is 0 Å². The van der Waals surface area contributed by atoms with Gasteiger partial charge in [0.05, 0.1) is 31.8 Å². The molecule has 1 aliphatic rings. The summed E-state index contributed by atoms with van der Waals surface area (Å²) < 4.78 is 17.5. The summed E-state index contributed by atoms with van der Waals surface area (Å²) in [4.78, 5) is 29.9. The highest BCUT2D eigenvalue weighted by molar-refractivity contribution is 7.22. The number of thiazole rings is 1. The molecule has 0 aliphatic carbocycles. The molecule has 1 atom stereocenters. The van der Waals surface area contributed by atoms with Crippen LogP contribution in [0.1, 0.15) is 18.4 Å². The second-order valence-corrected chi connectivity index (χ2v) is 8.39. The number of fused-ring (bicyclic) bond motifs is 1. The fourth-order valence-electron chi connectivity index (χ4n) is 3.61. The monoisotopic (exact) mass is 469 g/mol. The average Bonchev–Trinajstić information content (AvgIpc) is 3.50. The fraction of sp³-hybridized carbons (Fsp3) is 0.304. The highest BCUT2D eigenvalue weighted by Gasteiger charge is 2.26. The number of hydrogen-bond acceptors (Lipinski definition) is 8. The van der Waals surface area contributed by atoms with Crippen molar-refractivity contribution in [2.45, 2.75) is 18.9 Å². The first-order valence-electron chi connectivity index (χ1n) is 10.4. The summed E-state index contributed by atoms with van der Waals surface area (Å²) in [5.41, 5.74) is 1.30. The van der Waals surface area contributed by atoms with Crippen LogP contribution in [0.2, 0.25) is 0 Å². The van der Waals surface area contributed by atoms with Crippen molar-refractivity contribution in [3.8, 4) is 11.5 Å². The quantitative estimate of drug-likeness (QED) is 0.273. The Balaban J connectivity index is 1.66. The number of carbonyl (C=O) groups excluding carboxylic acids is 1. The van der Waals surface area contributed by atoms with Crippen molar-refractivity contribution in [2.75, 3.05) is 32.3 Å². The fourth-order valence-corrected chi connectivity index (χ4v) is 4.70. The maximum absolute atomic E-state index is 13.2. The number of nitrogens with zero attached hydrogens (tertiary/aromatic N) is 3. The molecule has 33 heavy (non-hydrogen) atoms. The summed E-state index contributed by atoms with van der Waals surface area (Å²) in [6.45, 7) is 1.04. The number of rotatable bonds is 8. The van der Waals surface area contributed by atoms with Crippen LogP contribution in [0, 0.1) is 10.1 Å². The molecule has 2 aromatic carbocycles. The van der Waals surface area contributed by atoms with Crippen molar-refractivity contribution in [2.24, 2.45) is 0 Å². The third-order valence-electron chi connectivity index (χ3n) is 5.33. The van der Waals surface area contributed by atoms with Crippen LogP contribution in [-0.4, -0.2) is 49.3 Å². The highest BCUT2D eigenvalue weighted by Crippen LogP contribution is 2.40. The first-order chi connectivity index (χ1) is 16.0. The summed E-state index contributed by atoms with van der Waals surface area (Å²) >= 11 is 1.35. The SMILES string of the molecule is COc1ccc(OC)c2sc(N(CC3CCCO3)C(=O)/C=C\c3ccc([N+](=O)[O-])cc3)nc12. The molecule has 9 nitrogen and oxygen atoms in total. The first-order valence-corrected chi connectivity index (χ1v) is 11.2. The van der Waals surface area contributed by atoms with Crippen molar-refractivity contribution < 1.29 is 23.9 Å². The molecule has 1 unspecified atom stereocenters. The van der Waals surface area contributed by atoms with Crippen LogP contribution in [0.4, 0.5) is 10.8 Å². The van der Waals surface area contributed by atoms with E-state index in [0.29, 0.717) is 40.9 Å². The zero-order chi connectivity index (χ0) is 23.4. The third kappa shape index (κ3) is 4.96. The molecular weight excluding hydrogens is 446 g/mol. The number of amides is 1. The van der Waals surface area contributed by atoms with E-state index in [1.165, 1.54) is 29.5 Å². The Morgan fingerprint density at radius 3 is 2.61 bits per heavy atom. The maximum atomic E-state index is 13.2. The molecule has 1 fully saturated rings. The molecule has 1 amide bonds. The molecule has 172 valence electrons. The van der Waals surface area contributed by atoms with Gasteiger partial charge >= 0.3 is 0 Å². The van der Waals surface area contributed by atoms with Crippen molar-refractivity contribution >= 4 is 44.4 Å². The number of hydrogen-bond donors (Lipinski definition) is 0. The van der Waals surface area contributed by atoms with Gasteiger partial charge in [0.1, 0.15) is 21.7 Å². The van der Waals surface area contributed by atoms with Crippen LogP contribution < -0.4 is 14.4 Å². The van der Waals surface area contributed by atoms with E-state index in [4.69, 9.17) is 19.2 Å². The number of benzene rings is 2. The Labute approximate surface area is 194 Å². The molecule has 2 heterocycles. The molecule has 10 heteroatoms. The second kappa shape index (κ2) is 9.97. The van der Waals surface area contributed by atoms with E-state index in [2.05, 4.69) is 0 Å². The maximum Gasteiger partial charge on any atom is 0.269 e. The van der Waals surface area contributed by atoms with E-state index in [1.54, 1.807) is 43.4 Å². The summed E-state index contributed by atoms with van der Waals surface area (Å²) in [7, 11) is 3.16. The molecular formula is C23H23N3O6S. The zero-order valence-electron chi connectivity index (χ0n) is 18.2. The minimum atomic E-state index is -0.461. The Bertz CT molecular complexity index is 1140. The van der Waals surface area contributed by atoms with E-state index in [0.717, 1.165) is 17.5 Å². The van der Waals surface area contributed by atoms with Crippen molar-refractivity contribution in [3.63, 3.8) is 0 Å². The zero-order valence-corrected chi connectivity index (χ0v) is 19.0. The van der Waals surface area contributed by atoms with Gasteiger partial charge in [-0.25, -0.2) is 4.98 Å². The predicted octanol–water partition coefficient (Wildman–Crippen LogP) is 4.45. The van der Waals surface area contributed by atoms with E-state index in [1.807, 2.05) is 6.07 Å². The van der Waals surface area contributed by atoms with Crippen LogP contribution in [-0.2, 0) is 9.53 Å². The molecule has 1 aliphatic heterocycles. The van der Waals surface area contributed by atoms with Gasteiger partial charge in [-0.05, 0) is 48.7 Å². The van der Waals surface area contributed by atoms with Crippen LogP contribution >= 0.6 is 11.3 Å². The van der Waals surface area contributed by atoms with Gasteiger partial charge in [0.2, 0.25) is 0 Å². The number of anilines is 1. The molecule has 0 radical (unpaired) electrons. The lowest BCUT2D eigenvalue weighted by Crippen LogP contribution is -2.36. The number of aromatic nitrogens is 1. The van der Waals surface area contributed by atoms with Gasteiger partial charge in [0.25, 0.3) is 11.6 Å². The van der Waals surface area contributed by atoms with E-state index < -0.39 is 4.92 Å². The summed E-state index contributed by atoms with van der Waals surface area (Å²) in [6, 6.07) is 9.59. The number of nitro groups is 1. The van der Waals surface area contributed by atoms with Crippen LogP contribution in [0.5, 0.6) is 11.5 Å². The molecule has 4 rings (SSSR count). The summed E-state index contributed by atoms with van der Waals surface area (Å²) in [5, 5.41) is 11.4. The van der Waals surface area contributed by atoms with Crippen LogP contribution in [0.25, 0.3) is 16.3 Å². The van der Waals surface area contributed by atoms with Gasteiger partial charge in [0.15, 0.2) is 5.13 Å². The number of nitro benzene ring substituents is 1. The number of carbonyl (C=O) groups is 1. The number of ether oxygens (including phenoxy) is 3. The Morgan fingerprint density at radius 1 is 1.24 bits per heavy atom. The Morgan fingerprint density at radius 2 is 1.97 bits per heavy atom. The van der Waals surface area contributed by atoms with Gasteiger partial charge in [0, 0.05) is 24.8 Å². The lowest BCUT2D eigenvalue weighted by molar-refractivity contribution is -0.384. The number of non-ortho nitro benzene ring substituents is 1. The van der Waals surface area contributed by atoms with E-state index in [-0.39, 0.29) is 17.7 Å². The predicted molar refractivity (Wildman–Crippen MR) is 126 cm³/mol. The molecule has 1 aromatic heterocycles. The topological polar surface area (TPSA) is 104 Å².